The average molecular weight is 525 g/mol. The Morgan fingerprint density at radius 1 is 0.778 bits per heavy atom. The molecule has 2 aromatic rings. The highest BCUT2D eigenvalue weighted by Crippen LogP contribution is 2.31. The zero-order chi connectivity index (χ0) is 26.8. The van der Waals surface area contributed by atoms with Gasteiger partial charge in [0.2, 0.25) is 0 Å². The van der Waals surface area contributed by atoms with Gasteiger partial charge in [-0.1, -0.05) is 19.3 Å². The summed E-state index contributed by atoms with van der Waals surface area (Å²) in [4.78, 5) is 22.0. The molecule has 2 aromatic carbocycles. The van der Waals surface area contributed by atoms with E-state index in [2.05, 4.69) is 5.32 Å². The number of halogens is 6. The minimum Gasteiger partial charge on any atom is -0.484 e. The van der Waals surface area contributed by atoms with Crippen molar-refractivity contribution in [1.82, 2.24) is 5.32 Å². The highest BCUT2D eigenvalue weighted by Gasteiger charge is 2.30. The number of hydrogen-bond acceptors (Lipinski definition) is 4. The molecule has 0 spiro atoms. The van der Waals surface area contributed by atoms with E-state index in [-0.39, 0.29) is 39.5 Å². The van der Waals surface area contributed by atoms with Crippen LogP contribution >= 0.6 is 0 Å². The number of ether oxygens (including phenoxy) is 2. The van der Waals surface area contributed by atoms with Crippen LogP contribution < -0.4 is 20.5 Å². The molecule has 36 heavy (non-hydrogen) atoms. The first kappa shape index (κ1) is 28.8. The Kier molecular flexibility index (Phi) is 10.4. The molecule has 0 saturated heterocycles. The Morgan fingerprint density at radius 2 is 1.19 bits per heavy atom. The molecular formula is C24H30F6N2O4. The normalized spacial score (nSPS) is 14.3. The topological polar surface area (TPSA) is 90.7 Å². The van der Waals surface area contributed by atoms with Crippen molar-refractivity contribution in [1.29, 1.82) is 0 Å². The molecule has 0 unspecified atom stereocenters. The second-order valence-electron chi connectivity index (χ2n) is 7.99. The Morgan fingerprint density at radius 3 is 1.58 bits per heavy atom. The fourth-order valence-electron chi connectivity index (χ4n) is 3.30. The predicted octanol–water partition coefficient (Wildman–Crippen LogP) is 5.59. The molecule has 1 aliphatic carbocycles. The Labute approximate surface area is 206 Å². The Bertz CT molecular complexity index is 981. The monoisotopic (exact) mass is 524 g/mol. The number of nitrogens with one attached hydrogen (secondary N) is 1. The fraction of sp³-hybridized carbons (Fsp3) is 0.417. The third kappa shape index (κ3) is 10.4. The van der Waals surface area contributed by atoms with Crippen molar-refractivity contribution in [2.24, 2.45) is 5.73 Å². The lowest BCUT2D eigenvalue weighted by Gasteiger charge is -2.22. The zero-order valence-corrected chi connectivity index (χ0v) is 19.1. The summed E-state index contributed by atoms with van der Waals surface area (Å²) in [6, 6.07) is 8.52. The van der Waals surface area contributed by atoms with Crippen molar-refractivity contribution in [3.8, 4) is 11.5 Å². The molecule has 202 valence electrons. The Balaban J connectivity index is 0.000000720. The lowest BCUT2D eigenvalue weighted by Crippen LogP contribution is -2.38. The molecule has 3 rings (SSSR count). The van der Waals surface area contributed by atoms with Gasteiger partial charge in [0, 0.05) is 8.90 Å². The third-order valence-corrected chi connectivity index (χ3v) is 5.08. The number of amides is 2. The van der Waals surface area contributed by atoms with Gasteiger partial charge in [-0.05, 0) is 61.4 Å². The van der Waals surface area contributed by atoms with E-state index >= 15 is 0 Å². The molecule has 6 nitrogen and oxygen atoms in total. The number of primary amides is 1. The standard InChI is InChI=1S/C15H18F3NO2.C9H8F3NO2.2H2/c16-15(17,18)11-6-8-13(9-7-11)21-10-14(20)19-12-4-2-1-3-5-12;10-9(11,12)6-1-3-7(4-2-6)15-5-8(13)14;;/h6-9,12H,1-5,10H2,(H,19,20);1-4H,5H2,(H2,13,14);2*1H. The van der Waals surface area contributed by atoms with E-state index in [4.69, 9.17) is 15.2 Å². The summed E-state index contributed by atoms with van der Waals surface area (Å²) in [7, 11) is 0. The maximum Gasteiger partial charge on any atom is 0.416 e. The van der Waals surface area contributed by atoms with Gasteiger partial charge in [0.25, 0.3) is 11.8 Å². The van der Waals surface area contributed by atoms with Gasteiger partial charge in [-0.25, -0.2) is 0 Å². The fourth-order valence-corrected chi connectivity index (χ4v) is 3.30. The summed E-state index contributed by atoms with van der Waals surface area (Å²) in [5, 5.41) is 2.88. The van der Waals surface area contributed by atoms with Crippen LogP contribution in [0, 0.1) is 0 Å². The van der Waals surface area contributed by atoms with Gasteiger partial charge in [-0.15, -0.1) is 0 Å². The SMILES string of the molecule is NC(=O)COc1ccc(C(F)(F)F)cc1.O=C(COc1ccc(C(F)(F)F)cc1)NC1CCCCC1.[HH].[HH]. The minimum atomic E-state index is -4.37. The highest BCUT2D eigenvalue weighted by molar-refractivity contribution is 5.77. The summed E-state index contributed by atoms with van der Waals surface area (Å²) in [6.45, 7) is -0.534. The molecule has 0 radical (unpaired) electrons. The van der Waals surface area contributed by atoms with Gasteiger partial charge in [-0.2, -0.15) is 26.3 Å². The maximum absolute atomic E-state index is 12.4. The van der Waals surface area contributed by atoms with Crippen LogP contribution in [-0.4, -0.2) is 31.1 Å². The van der Waals surface area contributed by atoms with Gasteiger partial charge < -0.3 is 20.5 Å². The van der Waals surface area contributed by atoms with Gasteiger partial charge in [0.05, 0.1) is 11.1 Å². The van der Waals surface area contributed by atoms with Crippen LogP contribution in [0.25, 0.3) is 0 Å². The number of benzene rings is 2. The van der Waals surface area contributed by atoms with Crippen molar-refractivity contribution >= 4 is 11.8 Å². The molecular weight excluding hydrogens is 494 g/mol. The average Bonchev–Trinajstić information content (AvgIpc) is 2.82. The summed E-state index contributed by atoms with van der Waals surface area (Å²) in [6.07, 6.45) is -3.35. The van der Waals surface area contributed by atoms with E-state index < -0.39 is 29.4 Å². The molecule has 0 atom stereocenters. The smallest absolute Gasteiger partial charge is 0.416 e. The molecule has 1 fully saturated rings. The quantitative estimate of drug-likeness (QED) is 0.462. The summed E-state index contributed by atoms with van der Waals surface area (Å²) in [5.41, 5.74) is 3.29. The first-order chi connectivity index (χ1) is 16.8. The van der Waals surface area contributed by atoms with Gasteiger partial charge in [0.1, 0.15) is 11.5 Å². The Hall–Kier alpha value is -3.44. The number of carbonyl (C=O) groups excluding carboxylic acids is 2. The second kappa shape index (κ2) is 13.0. The van der Waals surface area contributed by atoms with Crippen LogP contribution in [0.3, 0.4) is 0 Å². The van der Waals surface area contributed by atoms with Crippen LogP contribution in [0.5, 0.6) is 11.5 Å². The molecule has 0 aromatic heterocycles. The van der Waals surface area contributed by atoms with Crippen LogP contribution in [0.15, 0.2) is 48.5 Å². The number of alkyl halides is 6. The van der Waals surface area contributed by atoms with E-state index in [0.29, 0.717) is 0 Å². The van der Waals surface area contributed by atoms with Gasteiger partial charge in [0.15, 0.2) is 13.2 Å². The molecule has 3 N–H and O–H groups in total. The summed E-state index contributed by atoms with van der Waals surface area (Å²) < 4.78 is 83.5. The molecule has 2 amide bonds. The van der Waals surface area contributed by atoms with Crippen molar-refractivity contribution in [2.45, 2.75) is 50.5 Å². The van der Waals surface area contributed by atoms with E-state index in [1.807, 2.05) is 0 Å². The lowest BCUT2D eigenvalue weighted by molar-refractivity contribution is -0.138. The van der Waals surface area contributed by atoms with Crippen molar-refractivity contribution in [2.75, 3.05) is 13.2 Å². The highest BCUT2D eigenvalue weighted by atomic mass is 19.4. The number of carbonyl (C=O) groups is 2. The van der Waals surface area contributed by atoms with Gasteiger partial charge in [-0.3, -0.25) is 9.59 Å². The largest absolute Gasteiger partial charge is 0.484 e. The first-order valence-corrected chi connectivity index (χ1v) is 11.0. The lowest BCUT2D eigenvalue weighted by atomic mass is 9.95. The van der Waals surface area contributed by atoms with E-state index in [0.717, 1.165) is 62.1 Å². The molecule has 1 aliphatic rings. The number of hydrogen-bond donors (Lipinski definition) is 2. The predicted molar refractivity (Wildman–Crippen MR) is 122 cm³/mol. The summed E-state index contributed by atoms with van der Waals surface area (Å²) in [5.74, 6) is -0.500. The first-order valence-electron chi connectivity index (χ1n) is 11.0. The van der Waals surface area contributed by atoms with Crippen molar-refractivity contribution in [3.63, 3.8) is 0 Å². The molecule has 1 saturated carbocycles. The van der Waals surface area contributed by atoms with Crippen molar-refractivity contribution in [3.05, 3.63) is 59.7 Å². The van der Waals surface area contributed by atoms with Crippen molar-refractivity contribution < 1.29 is 48.3 Å². The molecule has 0 heterocycles. The van der Waals surface area contributed by atoms with Gasteiger partial charge >= 0.3 is 12.4 Å². The maximum atomic E-state index is 12.4. The van der Waals surface area contributed by atoms with E-state index in [9.17, 15) is 35.9 Å². The van der Waals surface area contributed by atoms with Crippen LogP contribution in [-0.2, 0) is 21.9 Å². The second-order valence-corrected chi connectivity index (χ2v) is 7.99. The molecule has 12 heteroatoms. The minimum absolute atomic E-state index is 0. The molecule has 0 bridgehead atoms. The number of nitrogens with two attached hydrogens (primary N) is 1. The van der Waals surface area contributed by atoms with E-state index in [1.54, 1.807) is 0 Å². The number of rotatable bonds is 7. The zero-order valence-electron chi connectivity index (χ0n) is 19.1. The van der Waals surface area contributed by atoms with E-state index in [1.165, 1.54) is 18.6 Å². The summed E-state index contributed by atoms with van der Waals surface area (Å²) >= 11 is 0. The molecule has 0 aliphatic heterocycles. The van der Waals surface area contributed by atoms with Crippen LogP contribution in [0.1, 0.15) is 46.1 Å². The van der Waals surface area contributed by atoms with Crippen LogP contribution in [0.2, 0.25) is 0 Å². The van der Waals surface area contributed by atoms with Crippen LogP contribution in [0.4, 0.5) is 26.3 Å². The third-order valence-electron chi connectivity index (χ3n) is 5.08.